The molecule has 0 saturated carbocycles. The highest BCUT2D eigenvalue weighted by atomic mass is 16.5. The molecule has 0 bridgehead atoms. The van der Waals surface area contributed by atoms with Crippen LogP contribution in [0.2, 0.25) is 0 Å². The van der Waals surface area contributed by atoms with Crippen molar-refractivity contribution in [2.45, 2.75) is 39.7 Å². The van der Waals surface area contributed by atoms with Gasteiger partial charge in [-0.1, -0.05) is 30.7 Å². The molecule has 0 spiro atoms. The zero-order valence-electron chi connectivity index (χ0n) is 16.5. The van der Waals surface area contributed by atoms with Crippen LogP contribution in [0.4, 0.5) is 0 Å². The predicted molar refractivity (Wildman–Crippen MR) is 105 cm³/mol. The van der Waals surface area contributed by atoms with Crippen molar-refractivity contribution < 1.29 is 9.53 Å². The summed E-state index contributed by atoms with van der Waals surface area (Å²) in [6.07, 6.45) is 1.44. The van der Waals surface area contributed by atoms with Gasteiger partial charge in [-0.15, -0.1) is 0 Å². The highest BCUT2D eigenvalue weighted by Crippen LogP contribution is 2.25. The summed E-state index contributed by atoms with van der Waals surface area (Å²) in [5.74, 6) is 0.899. The smallest absolute Gasteiger partial charge is 0.221 e. The molecule has 1 fully saturated rings. The topological polar surface area (TPSA) is 66.0 Å². The maximum Gasteiger partial charge on any atom is 0.221 e. The Hall–Kier alpha value is -2.08. The molecule has 1 unspecified atom stereocenters. The largest absolute Gasteiger partial charge is 0.370 e. The second-order valence-corrected chi connectivity index (χ2v) is 6.74. The Kier molecular flexibility index (Phi) is 7.91. The lowest BCUT2D eigenvalue weighted by molar-refractivity contribution is -0.120. The molecule has 26 heavy (non-hydrogen) atoms. The van der Waals surface area contributed by atoms with Crippen LogP contribution in [0.3, 0.4) is 0 Å². The molecular formula is C20H32N4O2. The molecule has 1 aliphatic rings. The van der Waals surface area contributed by atoms with Crippen LogP contribution in [-0.4, -0.2) is 56.6 Å². The lowest BCUT2D eigenvalue weighted by Crippen LogP contribution is -2.48. The molecule has 1 aromatic rings. The summed E-state index contributed by atoms with van der Waals surface area (Å²) in [7, 11) is 1.78. The minimum Gasteiger partial charge on any atom is -0.370 e. The predicted octanol–water partition coefficient (Wildman–Crippen LogP) is 2.17. The van der Waals surface area contributed by atoms with Gasteiger partial charge in [0, 0.05) is 33.1 Å². The number of nitrogens with zero attached hydrogens (tertiary/aromatic N) is 2. The fraction of sp³-hybridized carbons (Fsp3) is 0.600. The minimum absolute atomic E-state index is 0.0377. The molecule has 1 amide bonds. The monoisotopic (exact) mass is 360 g/mol. The number of amides is 1. The van der Waals surface area contributed by atoms with Crippen LogP contribution in [0.5, 0.6) is 0 Å². The van der Waals surface area contributed by atoms with Crippen LogP contribution in [0, 0.1) is 13.8 Å². The van der Waals surface area contributed by atoms with Crippen molar-refractivity contribution >= 4 is 11.9 Å². The molecule has 0 aliphatic carbocycles. The summed E-state index contributed by atoms with van der Waals surface area (Å²) in [5.41, 5.74) is 3.75. The molecule has 1 aliphatic heterocycles. The lowest BCUT2D eigenvalue weighted by atomic mass is 10.00. The number of carbonyl (C=O) groups excluding carboxylic acids is 1. The Morgan fingerprint density at radius 1 is 1.31 bits per heavy atom. The fourth-order valence-electron chi connectivity index (χ4n) is 3.19. The molecule has 1 atom stereocenters. The van der Waals surface area contributed by atoms with Gasteiger partial charge in [0.25, 0.3) is 0 Å². The molecule has 0 aromatic heterocycles. The van der Waals surface area contributed by atoms with Crippen LogP contribution in [0.1, 0.15) is 42.6 Å². The molecule has 2 rings (SSSR count). The minimum atomic E-state index is 0.0377. The standard InChI is InChI=1S/C20H32N4O2/c1-5-9-22-19(25)8-10-23-20(21-4)24-11-12-26-18(14-24)17-7-6-15(2)13-16(17)3/h6-7,13,18H,5,8-12,14H2,1-4H3,(H,21,23)(H,22,25). The number of carbonyl (C=O) groups is 1. The molecular weight excluding hydrogens is 328 g/mol. The van der Waals surface area contributed by atoms with E-state index in [1.165, 1.54) is 16.7 Å². The number of hydrogen-bond acceptors (Lipinski definition) is 3. The number of hydrogen-bond donors (Lipinski definition) is 2. The second-order valence-electron chi connectivity index (χ2n) is 6.74. The van der Waals surface area contributed by atoms with Gasteiger partial charge in [-0.05, 0) is 31.4 Å². The van der Waals surface area contributed by atoms with E-state index in [4.69, 9.17) is 4.74 Å². The van der Waals surface area contributed by atoms with Crippen molar-refractivity contribution in [2.24, 2.45) is 4.99 Å². The van der Waals surface area contributed by atoms with E-state index in [1.54, 1.807) is 7.05 Å². The molecule has 144 valence electrons. The molecule has 1 saturated heterocycles. The van der Waals surface area contributed by atoms with Gasteiger partial charge in [-0.3, -0.25) is 9.79 Å². The number of ether oxygens (including phenoxy) is 1. The van der Waals surface area contributed by atoms with Crippen LogP contribution >= 0.6 is 0 Å². The van der Waals surface area contributed by atoms with Gasteiger partial charge in [-0.2, -0.15) is 0 Å². The maximum absolute atomic E-state index is 11.7. The fourth-order valence-corrected chi connectivity index (χ4v) is 3.19. The van der Waals surface area contributed by atoms with Gasteiger partial charge in [0.2, 0.25) is 5.91 Å². The van der Waals surface area contributed by atoms with Crippen molar-refractivity contribution in [3.8, 4) is 0 Å². The first-order valence-corrected chi connectivity index (χ1v) is 9.46. The third kappa shape index (κ3) is 5.73. The number of rotatable bonds is 6. The summed E-state index contributed by atoms with van der Waals surface area (Å²) < 4.78 is 6.01. The Bertz CT molecular complexity index is 630. The van der Waals surface area contributed by atoms with Crippen molar-refractivity contribution in [3.05, 3.63) is 34.9 Å². The van der Waals surface area contributed by atoms with Gasteiger partial charge >= 0.3 is 0 Å². The summed E-state index contributed by atoms with van der Waals surface area (Å²) in [6.45, 7) is 9.80. The van der Waals surface area contributed by atoms with E-state index in [0.717, 1.165) is 32.0 Å². The quantitative estimate of drug-likeness (QED) is 0.603. The third-order valence-corrected chi connectivity index (χ3v) is 4.56. The van der Waals surface area contributed by atoms with E-state index in [0.29, 0.717) is 19.6 Å². The lowest BCUT2D eigenvalue weighted by Gasteiger charge is -2.35. The van der Waals surface area contributed by atoms with Crippen LogP contribution in [0.25, 0.3) is 0 Å². The van der Waals surface area contributed by atoms with Crippen LogP contribution < -0.4 is 10.6 Å². The van der Waals surface area contributed by atoms with Crippen molar-refractivity contribution in [1.82, 2.24) is 15.5 Å². The highest BCUT2D eigenvalue weighted by Gasteiger charge is 2.25. The average Bonchev–Trinajstić information content (AvgIpc) is 2.63. The van der Waals surface area contributed by atoms with E-state index in [-0.39, 0.29) is 12.0 Å². The Balaban J connectivity index is 1.91. The van der Waals surface area contributed by atoms with E-state index in [1.807, 2.05) is 6.92 Å². The third-order valence-electron chi connectivity index (χ3n) is 4.56. The number of morpholine rings is 1. The Morgan fingerprint density at radius 2 is 2.12 bits per heavy atom. The Labute approximate surface area is 157 Å². The van der Waals surface area contributed by atoms with Gasteiger partial charge in [-0.25, -0.2) is 0 Å². The average molecular weight is 361 g/mol. The highest BCUT2D eigenvalue weighted by molar-refractivity contribution is 5.81. The first kappa shape index (κ1) is 20.2. The SMILES string of the molecule is CCCNC(=O)CCNC(=NC)N1CCOC(c2ccc(C)cc2C)C1. The second kappa shape index (κ2) is 10.2. The van der Waals surface area contributed by atoms with Gasteiger partial charge in [0.15, 0.2) is 5.96 Å². The van der Waals surface area contributed by atoms with E-state index in [9.17, 15) is 4.79 Å². The van der Waals surface area contributed by atoms with E-state index >= 15 is 0 Å². The first-order chi connectivity index (χ1) is 12.5. The number of guanidine groups is 1. The summed E-state index contributed by atoms with van der Waals surface area (Å²) in [5, 5.41) is 6.19. The molecule has 1 heterocycles. The molecule has 0 radical (unpaired) electrons. The zero-order chi connectivity index (χ0) is 18.9. The van der Waals surface area contributed by atoms with E-state index in [2.05, 4.69) is 52.6 Å². The summed E-state index contributed by atoms with van der Waals surface area (Å²) >= 11 is 0. The van der Waals surface area contributed by atoms with Gasteiger partial charge in [0.1, 0.15) is 6.10 Å². The van der Waals surface area contributed by atoms with Crippen LogP contribution in [-0.2, 0) is 9.53 Å². The van der Waals surface area contributed by atoms with Crippen molar-refractivity contribution in [1.29, 1.82) is 0 Å². The van der Waals surface area contributed by atoms with Crippen molar-refractivity contribution in [2.75, 3.05) is 39.8 Å². The normalized spacial score (nSPS) is 17.9. The number of aliphatic imine (C=N–C) groups is 1. The number of benzene rings is 1. The van der Waals surface area contributed by atoms with Gasteiger partial charge < -0.3 is 20.3 Å². The molecule has 6 heteroatoms. The summed E-state index contributed by atoms with van der Waals surface area (Å²) in [6, 6.07) is 6.49. The summed E-state index contributed by atoms with van der Waals surface area (Å²) in [4.78, 5) is 18.3. The molecule has 6 nitrogen and oxygen atoms in total. The van der Waals surface area contributed by atoms with Crippen LogP contribution in [0.15, 0.2) is 23.2 Å². The maximum atomic E-state index is 11.7. The Morgan fingerprint density at radius 3 is 2.81 bits per heavy atom. The molecule has 2 N–H and O–H groups in total. The zero-order valence-corrected chi connectivity index (χ0v) is 16.5. The molecule has 1 aromatic carbocycles. The van der Waals surface area contributed by atoms with E-state index < -0.39 is 0 Å². The van der Waals surface area contributed by atoms with Gasteiger partial charge in [0.05, 0.1) is 13.2 Å². The van der Waals surface area contributed by atoms with Crippen molar-refractivity contribution in [3.63, 3.8) is 0 Å². The number of aryl methyl sites for hydroxylation is 2. The first-order valence-electron chi connectivity index (χ1n) is 9.46. The number of nitrogens with one attached hydrogen (secondary N) is 2.